The monoisotopic (exact) mass is 223 g/mol. The Morgan fingerprint density at radius 3 is 2.93 bits per heavy atom. The quantitative estimate of drug-likeness (QED) is 0.733. The first kappa shape index (κ1) is 10.1. The highest BCUT2D eigenvalue weighted by Gasteiger charge is 2.07. The number of halogens is 1. The second-order valence-corrected chi connectivity index (χ2v) is 3.41. The van der Waals surface area contributed by atoms with Crippen molar-refractivity contribution < 1.29 is 9.53 Å². The van der Waals surface area contributed by atoms with Gasteiger partial charge in [-0.25, -0.2) is 0 Å². The lowest BCUT2D eigenvalue weighted by atomic mass is 10.2. The smallest absolute Gasteiger partial charge is 0.245 e. The van der Waals surface area contributed by atoms with Crippen LogP contribution in [0.15, 0.2) is 30.5 Å². The molecule has 0 saturated heterocycles. The third-order valence-corrected chi connectivity index (χ3v) is 2.51. The summed E-state index contributed by atoms with van der Waals surface area (Å²) < 4.78 is 6.64. The van der Waals surface area contributed by atoms with E-state index in [4.69, 9.17) is 16.3 Å². The van der Waals surface area contributed by atoms with E-state index in [1.807, 2.05) is 24.3 Å². The number of fused-ring (bicyclic) bond motifs is 1. The molecule has 4 heteroatoms. The molecular formula is C11H10ClNO2. The summed E-state index contributed by atoms with van der Waals surface area (Å²) in [6.45, 7) is 0. The molecule has 78 valence electrons. The van der Waals surface area contributed by atoms with Crippen molar-refractivity contribution in [1.29, 1.82) is 0 Å². The van der Waals surface area contributed by atoms with Gasteiger partial charge in [-0.3, -0.25) is 9.36 Å². The van der Waals surface area contributed by atoms with Crippen molar-refractivity contribution in [3.05, 3.63) is 30.5 Å². The summed E-state index contributed by atoms with van der Waals surface area (Å²) in [7, 11) is 1.61. The Kier molecular flexibility index (Phi) is 2.64. The van der Waals surface area contributed by atoms with E-state index in [0.29, 0.717) is 0 Å². The number of aromatic nitrogens is 1. The molecule has 1 aromatic carbocycles. The van der Waals surface area contributed by atoms with Gasteiger partial charge in [0.05, 0.1) is 12.6 Å². The number of hydrogen-bond donors (Lipinski definition) is 0. The summed E-state index contributed by atoms with van der Waals surface area (Å²) in [5.41, 5.74) is 0.849. The third kappa shape index (κ3) is 1.70. The summed E-state index contributed by atoms with van der Waals surface area (Å²) >= 11 is 5.51. The summed E-state index contributed by atoms with van der Waals surface area (Å²) in [6, 6.07) is 7.41. The zero-order valence-electron chi connectivity index (χ0n) is 8.24. The number of alkyl halides is 1. The molecule has 0 aliphatic heterocycles. The van der Waals surface area contributed by atoms with E-state index < -0.39 is 0 Å². The number of benzene rings is 1. The Balaban J connectivity index is 2.57. The molecule has 2 aromatic rings. The van der Waals surface area contributed by atoms with Gasteiger partial charge in [0, 0.05) is 11.6 Å². The molecule has 0 bridgehead atoms. The topological polar surface area (TPSA) is 31.2 Å². The van der Waals surface area contributed by atoms with E-state index in [1.165, 1.54) is 0 Å². The van der Waals surface area contributed by atoms with Crippen LogP contribution in [0.4, 0.5) is 0 Å². The first-order valence-corrected chi connectivity index (χ1v) is 5.04. The number of carbonyl (C=O) groups is 1. The van der Waals surface area contributed by atoms with Crippen molar-refractivity contribution >= 4 is 28.4 Å². The van der Waals surface area contributed by atoms with Gasteiger partial charge in [0.15, 0.2) is 0 Å². The fourth-order valence-electron chi connectivity index (χ4n) is 1.53. The molecule has 15 heavy (non-hydrogen) atoms. The number of carbonyl (C=O) groups excluding carboxylic acids is 1. The summed E-state index contributed by atoms with van der Waals surface area (Å²) in [5, 5.41) is 0.966. The minimum atomic E-state index is -0.128. The molecular weight excluding hydrogens is 214 g/mol. The van der Waals surface area contributed by atoms with Crippen LogP contribution in [0.2, 0.25) is 0 Å². The van der Waals surface area contributed by atoms with Crippen molar-refractivity contribution in [2.24, 2.45) is 0 Å². The van der Waals surface area contributed by atoms with Crippen molar-refractivity contribution in [2.45, 2.75) is 0 Å². The van der Waals surface area contributed by atoms with Gasteiger partial charge >= 0.3 is 0 Å². The maximum absolute atomic E-state index is 11.4. The molecule has 0 N–H and O–H groups in total. The minimum absolute atomic E-state index is 0.0180. The van der Waals surface area contributed by atoms with Gasteiger partial charge in [0.1, 0.15) is 11.6 Å². The maximum Gasteiger partial charge on any atom is 0.245 e. The van der Waals surface area contributed by atoms with Crippen molar-refractivity contribution in [3.63, 3.8) is 0 Å². The van der Waals surface area contributed by atoms with Crippen LogP contribution in [-0.2, 0) is 0 Å². The second-order valence-electron chi connectivity index (χ2n) is 3.14. The number of nitrogens with zero attached hydrogens (tertiary/aromatic N) is 1. The van der Waals surface area contributed by atoms with E-state index in [2.05, 4.69) is 0 Å². The van der Waals surface area contributed by atoms with Crippen LogP contribution in [0.5, 0.6) is 5.75 Å². The molecule has 0 fully saturated rings. The minimum Gasteiger partial charge on any atom is -0.497 e. The van der Waals surface area contributed by atoms with Crippen LogP contribution in [0, 0.1) is 0 Å². The lowest BCUT2D eigenvalue weighted by Gasteiger charge is -2.02. The first-order chi connectivity index (χ1) is 7.26. The second kappa shape index (κ2) is 3.95. The molecule has 0 unspecified atom stereocenters. The molecule has 0 saturated carbocycles. The van der Waals surface area contributed by atoms with E-state index >= 15 is 0 Å². The van der Waals surface area contributed by atoms with Crippen molar-refractivity contribution in [2.75, 3.05) is 13.0 Å². The van der Waals surface area contributed by atoms with Crippen LogP contribution < -0.4 is 4.74 Å². The number of rotatable bonds is 2. The molecule has 1 heterocycles. The standard InChI is InChI=1S/C11H10ClNO2/c1-15-9-2-3-10-8(6-9)4-5-13(10)11(14)7-12/h2-6H,7H2,1H3. The lowest BCUT2D eigenvalue weighted by Crippen LogP contribution is -2.09. The highest BCUT2D eigenvalue weighted by molar-refractivity contribution is 6.28. The van der Waals surface area contributed by atoms with Crippen molar-refractivity contribution in [3.8, 4) is 5.75 Å². The highest BCUT2D eigenvalue weighted by Crippen LogP contribution is 2.21. The Hall–Kier alpha value is -1.48. The predicted octanol–water partition coefficient (Wildman–Crippen LogP) is 2.53. The first-order valence-electron chi connectivity index (χ1n) is 4.50. The van der Waals surface area contributed by atoms with E-state index in [-0.39, 0.29) is 11.8 Å². The van der Waals surface area contributed by atoms with Gasteiger partial charge in [0.25, 0.3) is 0 Å². The fraction of sp³-hybridized carbons (Fsp3) is 0.182. The Bertz CT molecular complexity index is 504. The molecule has 0 radical (unpaired) electrons. The van der Waals surface area contributed by atoms with Crippen molar-refractivity contribution in [1.82, 2.24) is 4.57 Å². The van der Waals surface area contributed by atoms with Gasteiger partial charge in [0.2, 0.25) is 5.91 Å². The molecule has 1 aromatic heterocycles. The lowest BCUT2D eigenvalue weighted by molar-refractivity contribution is 0.0945. The largest absolute Gasteiger partial charge is 0.497 e. The van der Waals surface area contributed by atoms with Crippen LogP contribution in [-0.4, -0.2) is 23.5 Å². The number of methoxy groups -OCH3 is 1. The van der Waals surface area contributed by atoms with Gasteiger partial charge < -0.3 is 4.74 Å². The summed E-state index contributed by atoms with van der Waals surface area (Å²) in [5.74, 6) is 0.630. The van der Waals surface area contributed by atoms with E-state index in [1.54, 1.807) is 17.9 Å². The van der Waals surface area contributed by atoms with E-state index in [0.717, 1.165) is 16.7 Å². The van der Waals surface area contributed by atoms with E-state index in [9.17, 15) is 4.79 Å². The van der Waals surface area contributed by atoms with Crippen LogP contribution >= 0.6 is 11.6 Å². The maximum atomic E-state index is 11.4. The molecule has 0 atom stereocenters. The number of hydrogen-bond acceptors (Lipinski definition) is 2. The normalized spacial score (nSPS) is 10.5. The summed E-state index contributed by atoms with van der Waals surface area (Å²) in [4.78, 5) is 11.4. The Morgan fingerprint density at radius 2 is 2.27 bits per heavy atom. The van der Waals surface area contributed by atoms with Crippen LogP contribution in [0.25, 0.3) is 10.9 Å². The SMILES string of the molecule is COc1ccc2c(ccn2C(=O)CCl)c1. The Labute approximate surface area is 92.2 Å². The predicted molar refractivity (Wildman–Crippen MR) is 59.8 cm³/mol. The highest BCUT2D eigenvalue weighted by atomic mass is 35.5. The average Bonchev–Trinajstić information content (AvgIpc) is 2.70. The summed E-state index contributed by atoms with van der Waals surface area (Å²) in [6.07, 6.45) is 1.72. The van der Waals surface area contributed by atoms with Crippen LogP contribution in [0.1, 0.15) is 4.79 Å². The van der Waals surface area contributed by atoms with Gasteiger partial charge in [-0.15, -0.1) is 11.6 Å². The molecule has 0 amide bonds. The van der Waals surface area contributed by atoms with Crippen LogP contribution in [0.3, 0.4) is 0 Å². The average molecular weight is 224 g/mol. The van der Waals surface area contributed by atoms with Gasteiger partial charge in [-0.2, -0.15) is 0 Å². The third-order valence-electron chi connectivity index (χ3n) is 2.28. The molecule has 0 spiro atoms. The number of ether oxygens (including phenoxy) is 1. The Morgan fingerprint density at radius 1 is 1.47 bits per heavy atom. The molecule has 0 aliphatic rings. The van der Waals surface area contributed by atoms with Gasteiger partial charge in [-0.1, -0.05) is 0 Å². The zero-order chi connectivity index (χ0) is 10.8. The molecule has 2 rings (SSSR count). The zero-order valence-corrected chi connectivity index (χ0v) is 8.99. The molecule has 3 nitrogen and oxygen atoms in total. The van der Waals surface area contributed by atoms with Gasteiger partial charge in [-0.05, 0) is 24.3 Å². The molecule has 0 aliphatic carbocycles. The fourth-order valence-corrected chi connectivity index (χ4v) is 1.66.